The van der Waals surface area contributed by atoms with Crippen LogP contribution in [-0.4, -0.2) is 53.7 Å². The summed E-state index contributed by atoms with van der Waals surface area (Å²) in [6, 6.07) is 0.0131. The van der Waals surface area contributed by atoms with Crippen LogP contribution in [0.2, 0.25) is 0 Å². The molecule has 0 bridgehead atoms. The first kappa shape index (κ1) is 15.4. The lowest BCUT2D eigenvalue weighted by Gasteiger charge is -2.24. The van der Waals surface area contributed by atoms with Crippen LogP contribution in [0.3, 0.4) is 0 Å². The summed E-state index contributed by atoms with van der Waals surface area (Å²) < 4.78 is 5.40. The Bertz CT molecular complexity index is 421. The van der Waals surface area contributed by atoms with Gasteiger partial charge in [0.25, 0.3) is 0 Å². The predicted molar refractivity (Wildman–Crippen MR) is 78.2 cm³/mol. The maximum absolute atomic E-state index is 6.16. The third kappa shape index (κ3) is 3.37. The molecule has 2 heterocycles. The number of nitrogens with two attached hydrogens (primary N) is 1. The second kappa shape index (κ2) is 6.65. The van der Waals surface area contributed by atoms with Crippen molar-refractivity contribution < 1.29 is 4.52 Å². The average molecular weight is 281 g/mol. The van der Waals surface area contributed by atoms with Crippen LogP contribution in [0.15, 0.2) is 4.52 Å². The minimum Gasteiger partial charge on any atom is -0.338 e. The number of hydrogen-bond donors (Lipinski definition) is 1. The van der Waals surface area contributed by atoms with Crippen LogP contribution in [0.25, 0.3) is 0 Å². The molecule has 1 saturated heterocycles. The standard InChI is InChI=1S/C14H27N5O/c1-5-10(2)12(15)14-16-13(17-20-14)11-9-18(3)7-6-8-19(11)4/h10-12H,5-9,15H2,1-4H3/t10?,11?,12-/m0/s1. The van der Waals surface area contributed by atoms with Crippen LogP contribution in [-0.2, 0) is 0 Å². The van der Waals surface area contributed by atoms with Crippen molar-refractivity contribution in [2.75, 3.05) is 33.7 Å². The molecular formula is C14H27N5O. The predicted octanol–water partition coefficient (Wildman–Crippen LogP) is 1.42. The number of rotatable bonds is 4. The first-order valence-corrected chi connectivity index (χ1v) is 7.50. The molecule has 1 fully saturated rings. The average Bonchev–Trinajstić information content (AvgIpc) is 2.85. The third-order valence-corrected chi connectivity index (χ3v) is 4.36. The largest absolute Gasteiger partial charge is 0.338 e. The van der Waals surface area contributed by atoms with Crippen molar-refractivity contribution in [3.8, 4) is 0 Å². The van der Waals surface area contributed by atoms with E-state index in [0.29, 0.717) is 11.8 Å². The van der Waals surface area contributed by atoms with Crippen LogP contribution >= 0.6 is 0 Å². The summed E-state index contributed by atoms with van der Waals surface area (Å²) in [6.45, 7) is 7.32. The molecule has 6 nitrogen and oxygen atoms in total. The summed E-state index contributed by atoms with van der Waals surface area (Å²) >= 11 is 0. The summed E-state index contributed by atoms with van der Waals surface area (Å²) in [5, 5.41) is 4.17. The minimum atomic E-state index is -0.171. The van der Waals surface area contributed by atoms with Crippen molar-refractivity contribution in [3.63, 3.8) is 0 Å². The first-order valence-electron chi connectivity index (χ1n) is 7.50. The molecule has 1 aromatic rings. The van der Waals surface area contributed by atoms with Gasteiger partial charge in [-0.1, -0.05) is 25.4 Å². The molecule has 1 aromatic heterocycles. The Morgan fingerprint density at radius 2 is 2.15 bits per heavy atom. The van der Waals surface area contributed by atoms with Gasteiger partial charge in [-0.15, -0.1) is 0 Å². The smallest absolute Gasteiger partial charge is 0.243 e. The van der Waals surface area contributed by atoms with Crippen LogP contribution in [0, 0.1) is 5.92 Å². The van der Waals surface area contributed by atoms with Crippen LogP contribution < -0.4 is 5.73 Å². The third-order valence-electron chi connectivity index (χ3n) is 4.36. The van der Waals surface area contributed by atoms with Gasteiger partial charge in [-0.3, -0.25) is 4.90 Å². The summed E-state index contributed by atoms with van der Waals surface area (Å²) in [4.78, 5) is 9.18. The highest BCUT2D eigenvalue weighted by molar-refractivity contribution is 5.00. The van der Waals surface area contributed by atoms with Crippen LogP contribution in [0.5, 0.6) is 0 Å². The molecule has 2 unspecified atom stereocenters. The van der Waals surface area contributed by atoms with E-state index in [2.05, 4.69) is 47.9 Å². The lowest BCUT2D eigenvalue weighted by atomic mass is 10.0. The highest BCUT2D eigenvalue weighted by Crippen LogP contribution is 2.24. The fourth-order valence-electron chi connectivity index (χ4n) is 2.57. The van der Waals surface area contributed by atoms with E-state index < -0.39 is 0 Å². The van der Waals surface area contributed by atoms with Gasteiger partial charge in [0, 0.05) is 6.54 Å². The van der Waals surface area contributed by atoms with E-state index in [4.69, 9.17) is 10.3 Å². The molecule has 0 radical (unpaired) electrons. The molecule has 1 aliphatic rings. The van der Waals surface area contributed by atoms with Gasteiger partial charge in [0.05, 0.1) is 12.1 Å². The molecule has 6 heteroatoms. The van der Waals surface area contributed by atoms with Gasteiger partial charge in [0.2, 0.25) is 5.89 Å². The molecule has 3 atom stereocenters. The lowest BCUT2D eigenvalue weighted by Crippen LogP contribution is -2.31. The summed E-state index contributed by atoms with van der Waals surface area (Å²) in [6.07, 6.45) is 2.17. The second-order valence-corrected chi connectivity index (χ2v) is 6.01. The Labute approximate surface area is 121 Å². The molecule has 0 amide bonds. The number of hydrogen-bond acceptors (Lipinski definition) is 6. The van der Waals surface area contributed by atoms with Gasteiger partial charge in [-0.25, -0.2) is 0 Å². The fraction of sp³-hybridized carbons (Fsp3) is 0.857. The topological polar surface area (TPSA) is 71.4 Å². The quantitative estimate of drug-likeness (QED) is 0.900. The van der Waals surface area contributed by atoms with Gasteiger partial charge in [0.15, 0.2) is 5.82 Å². The van der Waals surface area contributed by atoms with Crippen molar-refractivity contribution >= 4 is 0 Å². The van der Waals surface area contributed by atoms with Gasteiger partial charge in [0.1, 0.15) is 0 Å². The first-order chi connectivity index (χ1) is 9.52. The summed E-state index contributed by atoms with van der Waals surface area (Å²) in [5.41, 5.74) is 6.16. The Morgan fingerprint density at radius 1 is 1.40 bits per heavy atom. The van der Waals surface area contributed by atoms with E-state index >= 15 is 0 Å². The summed E-state index contributed by atoms with van der Waals surface area (Å²) in [7, 11) is 4.26. The lowest BCUT2D eigenvalue weighted by molar-refractivity contribution is 0.214. The van der Waals surface area contributed by atoms with Gasteiger partial charge in [-0.05, 0) is 39.5 Å². The van der Waals surface area contributed by atoms with Crippen LogP contribution in [0.1, 0.15) is 50.5 Å². The number of nitrogens with zero attached hydrogens (tertiary/aromatic N) is 4. The fourth-order valence-corrected chi connectivity index (χ4v) is 2.57. The van der Waals surface area contributed by atoms with E-state index in [0.717, 1.165) is 31.9 Å². The van der Waals surface area contributed by atoms with E-state index in [-0.39, 0.29) is 12.1 Å². The Kier molecular flexibility index (Phi) is 5.12. The van der Waals surface area contributed by atoms with Crippen molar-refractivity contribution in [2.24, 2.45) is 11.7 Å². The van der Waals surface area contributed by atoms with Crippen molar-refractivity contribution in [1.29, 1.82) is 0 Å². The molecule has 20 heavy (non-hydrogen) atoms. The van der Waals surface area contributed by atoms with E-state index in [1.165, 1.54) is 6.42 Å². The Hall–Kier alpha value is -0.980. The molecule has 0 aromatic carbocycles. The second-order valence-electron chi connectivity index (χ2n) is 6.01. The molecule has 0 aliphatic carbocycles. The maximum atomic E-state index is 6.16. The molecule has 0 saturated carbocycles. The summed E-state index contributed by atoms with van der Waals surface area (Å²) in [5.74, 6) is 1.67. The van der Waals surface area contributed by atoms with Gasteiger partial charge < -0.3 is 15.2 Å². The zero-order valence-electron chi connectivity index (χ0n) is 13.0. The minimum absolute atomic E-state index is 0.171. The zero-order valence-corrected chi connectivity index (χ0v) is 13.0. The molecular weight excluding hydrogens is 254 g/mol. The van der Waals surface area contributed by atoms with E-state index in [1.54, 1.807) is 0 Å². The normalized spacial score (nSPS) is 25.4. The molecule has 2 rings (SSSR count). The van der Waals surface area contributed by atoms with Crippen molar-refractivity contribution in [2.45, 2.75) is 38.8 Å². The molecule has 1 aliphatic heterocycles. The highest BCUT2D eigenvalue weighted by atomic mass is 16.5. The SMILES string of the molecule is CCC(C)[C@H](N)c1nc(C2CN(C)CCCN2C)no1. The molecule has 2 N–H and O–H groups in total. The molecule has 114 valence electrons. The van der Waals surface area contributed by atoms with E-state index in [1.807, 2.05) is 0 Å². The maximum Gasteiger partial charge on any atom is 0.243 e. The van der Waals surface area contributed by atoms with E-state index in [9.17, 15) is 0 Å². The monoisotopic (exact) mass is 281 g/mol. The zero-order chi connectivity index (χ0) is 14.7. The van der Waals surface area contributed by atoms with Crippen molar-refractivity contribution in [1.82, 2.24) is 19.9 Å². The van der Waals surface area contributed by atoms with Crippen LogP contribution in [0.4, 0.5) is 0 Å². The van der Waals surface area contributed by atoms with Gasteiger partial charge >= 0.3 is 0 Å². The number of likely N-dealkylation sites (N-methyl/N-ethyl adjacent to an activating group) is 2. The van der Waals surface area contributed by atoms with Gasteiger partial charge in [-0.2, -0.15) is 4.98 Å². The molecule has 0 spiro atoms. The number of aromatic nitrogens is 2. The Balaban J connectivity index is 2.14. The van der Waals surface area contributed by atoms with Crippen molar-refractivity contribution in [3.05, 3.63) is 11.7 Å². The highest BCUT2D eigenvalue weighted by Gasteiger charge is 2.28. The Morgan fingerprint density at radius 3 is 2.85 bits per heavy atom.